The Morgan fingerprint density at radius 3 is 2.44 bits per heavy atom. The minimum absolute atomic E-state index is 0. The molecule has 0 spiro atoms. The van der Waals surface area contributed by atoms with Crippen molar-refractivity contribution in [3.63, 3.8) is 0 Å². The van der Waals surface area contributed by atoms with Gasteiger partial charge in [0.15, 0.2) is 11.1 Å². The molecule has 1 saturated heterocycles. The first-order valence-electron chi connectivity index (χ1n) is 5.75. The van der Waals surface area contributed by atoms with E-state index in [2.05, 4.69) is 4.90 Å². The molecule has 0 aliphatic carbocycles. The fourth-order valence-electron chi connectivity index (χ4n) is 1.88. The summed E-state index contributed by atoms with van der Waals surface area (Å²) in [6.45, 7) is 4.66. The zero-order chi connectivity index (χ0) is 12.1. The van der Waals surface area contributed by atoms with Crippen LogP contribution >= 0.6 is 0 Å². The third kappa shape index (κ3) is 4.85. The molecule has 1 aromatic carbocycles. The van der Waals surface area contributed by atoms with Crippen molar-refractivity contribution in [2.45, 2.75) is 11.3 Å². The minimum Gasteiger partial charge on any atom is -1.00 e. The van der Waals surface area contributed by atoms with Crippen molar-refractivity contribution in [2.75, 3.05) is 32.8 Å². The Morgan fingerprint density at radius 1 is 1.28 bits per heavy atom. The van der Waals surface area contributed by atoms with Gasteiger partial charge in [-0.15, -0.1) is 0 Å². The van der Waals surface area contributed by atoms with Gasteiger partial charge in [-0.05, 0) is 24.1 Å². The summed E-state index contributed by atoms with van der Waals surface area (Å²) in [5.74, 6) is 0. The Hall–Kier alpha value is -0.153. The molecule has 1 fully saturated rings. The Balaban J connectivity index is 0.00000162. The van der Waals surface area contributed by atoms with Gasteiger partial charge in [0.2, 0.25) is 0 Å². The quantitative estimate of drug-likeness (QED) is 0.517. The van der Waals surface area contributed by atoms with E-state index in [0.29, 0.717) is 4.90 Å². The van der Waals surface area contributed by atoms with Crippen LogP contribution in [0.5, 0.6) is 0 Å². The van der Waals surface area contributed by atoms with E-state index in [1.165, 1.54) is 5.56 Å². The molecule has 1 aromatic rings. The largest absolute Gasteiger partial charge is 1.00 e. The molecule has 1 unspecified atom stereocenters. The predicted molar refractivity (Wildman–Crippen MR) is 67.6 cm³/mol. The molecule has 1 atom stereocenters. The fraction of sp³-hybridized carbons (Fsp3) is 0.500. The molecule has 96 valence electrons. The van der Waals surface area contributed by atoms with Gasteiger partial charge in [-0.1, -0.05) is 12.1 Å². The Kier molecular flexibility index (Phi) is 7.16. The summed E-state index contributed by atoms with van der Waals surface area (Å²) in [4.78, 5) is 2.84. The van der Waals surface area contributed by atoms with Crippen molar-refractivity contribution in [1.29, 1.82) is 0 Å². The molecule has 1 aliphatic rings. The minimum atomic E-state index is -1.87. The van der Waals surface area contributed by atoms with Crippen LogP contribution < -0.4 is 18.9 Å². The molecule has 0 radical (unpaired) electrons. The summed E-state index contributed by atoms with van der Waals surface area (Å²) >= 11 is -1.87. The molecule has 0 aromatic heterocycles. The Bertz CT molecular complexity index is 385. The van der Waals surface area contributed by atoms with Crippen LogP contribution in [0.25, 0.3) is 0 Å². The number of rotatable bonds is 4. The molecule has 1 heterocycles. The van der Waals surface area contributed by atoms with Crippen LogP contribution in [-0.2, 0) is 22.2 Å². The average Bonchev–Trinajstić information content (AvgIpc) is 2.38. The van der Waals surface area contributed by atoms with Crippen LogP contribution in [0.1, 0.15) is 6.99 Å². The number of nitrogens with zero attached hydrogens (tertiary/aromatic N) is 1. The summed E-state index contributed by atoms with van der Waals surface area (Å²) in [7, 11) is 0. The second kappa shape index (κ2) is 8.11. The molecular formula is C12H18LiNO3S. The molecular weight excluding hydrogens is 245 g/mol. The van der Waals surface area contributed by atoms with Crippen LogP contribution in [0, 0.1) is 0 Å². The second-order valence-corrected chi connectivity index (χ2v) is 5.07. The van der Waals surface area contributed by atoms with E-state index in [4.69, 9.17) is 9.29 Å². The van der Waals surface area contributed by atoms with Crippen molar-refractivity contribution >= 4 is 11.1 Å². The van der Waals surface area contributed by atoms with E-state index in [1.807, 2.05) is 12.1 Å². The normalized spacial score (nSPS) is 18.1. The van der Waals surface area contributed by atoms with Crippen molar-refractivity contribution in [1.82, 2.24) is 4.90 Å². The van der Waals surface area contributed by atoms with Gasteiger partial charge in [0.1, 0.15) is 0 Å². The average molecular weight is 263 g/mol. The van der Waals surface area contributed by atoms with Gasteiger partial charge in [-0.2, -0.15) is 0 Å². The van der Waals surface area contributed by atoms with Crippen LogP contribution in [0.2, 0.25) is 0 Å². The molecule has 6 heteroatoms. The Labute approximate surface area is 124 Å². The first-order valence-corrected chi connectivity index (χ1v) is 6.86. The van der Waals surface area contributed by atoms with Gasteiger partial charge >= 0.3 is 18.9 Å². The van der Waals surface area contributed by atoms with Crippen molar-refractivity contribution < 1.29 is 33.8 Å². The topological polar surface area (TPSA) is 49.8 Å². The van der Waals surface area contributed by atoms with Gasteiger partial charge in [0.05, 0.1) is 18.1 Å². The summed E-state index contributed by atoms with van der Waals surface area (Å²) in [5.41, 5.74) is 1.20. The maximum atomic E-state index is 10.8. The SMILES string of the molecule is O=S(O)c1ccc(CCN2CCOCC2)cc1.[H-].[Li+]. The standard InChI is InChI=1S/C12H17NO3S.Li.H/c14-17(15)12-3-1-11(2-4-12)5-6-13-7-9-16-10-8-13;;/h1-4H,5-10H2,(H,14,15);;/q;+1;-1. The number of hydrogen-bond donors (Lipinski definition) is 1. The zero-order valence-electron chi connectivity index (χ0n) is 11.7. The van der Waals surface area contributed by atoms with E-state index < -0.39 is 11.1 Å². The summed E-state index contributed by atoms with van der Waals surface area (Å²) in [6.07, 6.45) is 0.971. The molecule has 4 nitrogen and oxygen atoms in total. The number of benzene rings is 1. The summed E-state index contributed by atoms with van der Waals surface area (Å²) in [5, 5.41) is 0. The number of ether oxygens (including phenoxy) is 1. The molecule has 18 heavy (non-hydrogen) atoms. The van der Waals surface area contributed by atoms with E-state index in [1.54, 1.807) is 12.1 Å². The molecule has 0 saturated carbocycles. The van der Waals surface area contributed by atoms with Crippen molar-refractivity contribution in [2.24, 2.45) is 0 Å². The molecule has 1 aliphatic heterocycles. The van der Waals surface area contributed by atoms with Crippen LogP contribution in [0.4, 0.5) is 0 Å². The smallest absolute Gasteiger partial charge is 1.00 e. The van der Waals surface area contributed by atoms with Crippen LogP contribution in [-0.4, -0.2) is 46.5 Å². The first kappa shape index (κ1) is 15.9. The maximum Gasteiger partial charge on any atom is 1.00 e. The molecule has 2 rings (SSSR count). The van der Waals surface area contributed by atoms with E-state index in [9.17, 15) is 4.21 Å². The summed E-state index contributed by atoms with van der Waals surface area (Å²) < 4.78 is 25.0. The van der Waals surface area contributed by atoms with Gasteiger partial charge in [-0.25, -0.2) is 4.21 Å². The van der Waals surface area contributed by atoms with E-state index in [-0.39, 0.29) is 20.3 Å². The zero-order valence-corrected chi connectivity index (χ0v) is 11.5. The predicted octanol–water partition coefficient (Wildman–Crippen LogP) is -1.74. The monoisotopic (exact) mass is 263 g/mol. The fourth-order valence-corrected chi connectivity index (χ4v) is 2.25. The number of morpholine rings is 1. The third-order valence-electron chi connectivity index (χ3n) is 2.95. The maximum absolute atomic E-state index is 10.8. The van der Waals surface area contributed by atoms with E-state index in [0.717, 1.165) is 39.3 Å². The summed E-state index contributed by atoms with van der Waals surface area (Å²) in [6, 6.07) is 7.27. The Morgan fingerprint density at radius 2 is 1.89 bits per heavy atom. The first-order chi connectivity index (χ1) is 8.25. The number of hydrogen-bond acceptors (Lipinski definition) is 3. The van der Waals surface area contributed by atoms with Gasteiger partial charge in [0, 0.05) is 19.6 Å². The van der Waals surface area contributed by atoms with Crippen molar-refractivity contribution in [3.05, 3.63) is 29.8 Å². The van der Waals surface area contributed by atoms with Gasteiger partial charge in [-0.3, -0.25) is 4.90 Å². The molecule has 1 N–H and O–H groups in total. The third-order valence-corrected chi connectivity index (χ3v) is 3.62. The second-order valence-electron chi connectivity index (χ2n) is 4.10. The van der Waals surface area contributed by atoms with Gasteiger partial charge < -0.3 is 10.7 Å². The van der Waals surface area contributed by atoms with Gasteiger partial charge in [0.25, 0.3) is 0 Å². The van der Waals surface area contributed by atoms with Crippen LogP contribution in [0.3, 0.4) is 0 Å². The van der Waals surface area contributed by atoms with E-state index >= 15 is 0 Å². The molecule has 0 amide bonds. The molecule has 0 bridgehead atoms. The van der Waals surface area contributed by atoms with Crippen LogP contribution in [0.15, 0.2) is 29.2 Å². The van der Waals surface area contributed by atoms with Crippen molar-refractivity contribution in [3.8, 4) is 0 Å².